The van der Waals surface area contributed by atoms with Crippen LogP contribution in [0.5, 0.6) is 0 Å². The Morgan fingerprint density at radius 3 is 2.66 bits per heavy atom. The second-order valence-corrected chi connectivity index (χ2v) is 7.83. The van der Waals surface area contributed by atoms with E-state index in [0.717, 1.165) is 17.5 Å². The van der Waals surface area contributed by atoms with Crippen LogP contribution < -0.4 is 10.3 Å². The number of carbonyl (C=O) groups excluding carboxylic acids is 2. The fourth-order valence-corrected chi connectivity index (χ4v) is 4.26. The van der Waals surface area contributed by atoms with Gasteiger partial charge in [0.2, 0.25) is 0 Å². The van der Waals surface area contributed by atoms with E-state index >= 15 is 0 Å². The maximum Gasteiger partial charge on any atom is 0.427 e. The van der Waals surface area contributed by atoms with Gasteiger partial charge < -0.3 is 19.0 Å². The number of carbonyl (C=O) groups is 2. The van der Waals surface area contributed by atoms with E-state index in [0.29, 0.717) is 61.9 Å². The van der Waals surface area contributed by atoms with Crippen LogP contribution in [0.3, 0.4) is 0 Å². The number of fused-ring (bicyclic) bond motifs is 1. The van der Waals surface area contributed by atoms with E-state index in [4.69, 9.17) is 9.15 Å². The molecule has 0 bridgehead atoms. The Morgan fingerprint density at radius 1 is 1.19 bits per heavy atom. The van der Waals surface area contributed by atoms with Crippen molar-refractivity contribution in [3.05, 3.63) is 52.7 Å². The van der Waals surface area contributed by atoms with E-state index in [9.17, 15) is 14.0 Å². The maximum absolute atomic E-state index is 14.1. The number of nitrogens with zero attached hydrogens (tertiary/aromatic N) is 3. The van der Waals surface area contributed by atoms with E-state index in [1.54, 1.807) is 24.0 Å². The van der Waals surface area contributed by atoms with E-state index in [1.165, 1.54) is 6.07 Å². The smallest absolute Gasteiger partial charge is 0.427 e. The van der Waals surface area contributed by atoms with Gasteiger partial charge in [-0.05, 0) is 38.8 Å². The molecular formula is C23H27FN4O4. The highest BCUT2D eigenvalue weighted by Crippen LogP contribution is 2.31. The summed E-state index contributed by atoms with van der Waals surface area (Å²) in [6.45, 7) is 5.86. The number of nitrogens with one attached hydrogen (secondary N) is 1. The molecule has 170 valence electrons. The van der Waals surface area contributed by atoms with Crippen LogP contribution in [0.15, 0.2) is 33.8 Å². The Kier molecular flexibility index (Phi) is 6.43. The molecule has 2 aromatic rings. The second kappa shape index (κ2) is 9.42. The molecule has 0 radical (unpaired) electrons. The van der Waals surface area contributed by atoms with Gasteiger partial charge in [0.1, 0.15) is 11.6 Å². The van der Waals surface area contributed by atoms with Gasteiger partial charge in [-0.2, -0.15) is 5.10 Å². The molecule has 0 saturated carbocycles. The number of halogens is 1. The van der Waals surface area contributed by atoms with Crippen LogP contribution >= 0.6 is 0 Å². The van der Waals surface area contributed by atoms with Crippen molar-refractivity contribution < 1.29 is 23.1 Å². The van der Waals surface area contributed by atoms with Crippen molar-refractivity contribution in [2.75, 3.05) is 37.7 Å². The van der Waals surface area contributed by atoms with E-state index in [-0.39, 0.29) is 18.3 Å². The quantitative estimate of drug-likeness (QED) is 0.733. The third-order valence-corrected chi connectivity index (χ3v) is 5.84. The van der Waals surface area contributed by atoms with E-state index in [2.05, 4.69) is 10.5 Å². The summed E-state index contributed by atoms with van der Waals surface area (Å²) in [4.78, 5) is 28.5. The zero-order valence-corrected chi connectivity index (χ0v) is 18.3. The van der Waals surface area contributed by atoms with Crippen molar-refractivity contribution in [2.24, 2.45) is 5.10 Å². The van der Waals surface area contributed by atoms with Gasteiger partial charge in [-0.25, -0.2) is 14.6 Å². The van der Waals surface area contributed by atoms with Crippen molar-refractivity contribution in [3.8, 4) is 0 Å². The van der Waals surface area contributed by atoms with Crippen LogP contribution in [0.4, 0.5) is 14.9 Å². The molecule has 1 saturated heterocycles. The van der Waals surface area contributed by atoms with Gasteiger partial charge in [0.25, 0.3) is 5.91 Å². The lowest BCUT2D eigenvalue weighted by atomic mass is 9.93. The molecule has 8 nitrogen and oxygen atoms in total. The Bertz CT molecular complexity index is 1040. The molecule has 9 heteroatoms. The minimum Gasteiger partial charge on any atom is -0.455 e. The fraction of sp³-hybridized carbons (Fsp3) is 0.435. The summed E-state index contributed by atoms with van der Waals surface area (Å²) in [5.41, 5.74) is 5.16. The first-order valence-corrected chi connectivity index (χ1v) is 10.9. The summed E-state index contributed by atoms with van der Waals surface area (Å²) in [7, 11) is 0. The number of benzene rings is 1. The zero-order valence-electron chi connectivity index (χ0n) is 18.3. The number of aryl methyl sites for hydroxylation is 1. The highest BCUT2D eigenvalue weighted by atomic mass is 19.1. The number of hydrogen-bond acceptors (Lipinski definition) is 6. The van der Waals surface area contributed by atoms with Gasteiger partial charge in [-0.15, -0.1) is 0 Å². The number of hydrogen-bond donors (Lipinski definition) is 1. The van der Waals surface area contributed by atoms with Gasteiger partial charge >= 0.3 is 6.09 Å². The number of para-hydroxylation sites is 1. The molecule has 4 rings (SSSR count). The number of ether oxygens (including phenoxy) is 1. The van der Waals surface area contributed by atoms with Crippen LogP contribution in [0, 0.1) is 12.7 Å². The number of anilines is 1. The van der Waals surface area contributed by atoms with Gasteiger partial charge in [0, 0.05) is 43.7 Å². The average Bonchev–Trinajstić information content (AvgIpc) is 3.15. The molecule has 0 atom stereocenters. The van der Waals surface area contributed by atoms with E-state index in [1.807, 2.05) is 17.9 Å². The third kappa shape index (κ3) is 4.32. The molecule has 2 heterocycles. The van der Waals surface area contributed by atoms with Crippen molar-refractivity contribution in [3.63, 3.8) is 0 Å². The molecule has 2 amide bonds. The molecule has 1 aromatic heterocycles. The SMILES string of the molecule is CCOC(=O)N/N=C1\CCCc2oc(C(=O)N3CCN(c4ccccc4F)CC3)c(C)c21. The molecule has 1 N–H and O–H groups in total. The molecule has 1 aliphatic heterocycles. The van der Waals surface area contributed by atoms with Crippen LogP contribution in [0.25, 0.3) is 0 Å². The standard InChI is InChI=1S/C23H27FN4O4/c1-3-31-23(30)26-25-17-8-6-10-19-20(17)15(2)21(32-19)22(29)28-13-11-27(12-14-28)18-9-5-4-7-16(18)24/h4-5,7,9H,3,6,8,10-14H2,1-2H3,(H,26,30)/b25-17+. The first-order chi connectivity index (χ1) is 15.5. The van der Waals surface area contributed by atoms with Crippen LogP contribution in [0.2, 0.25) is 0 Å². The Balaban J connectivity index is 1.48. The molecular weight excluding hydrogens is 415 g/mol. The minimum absolute atomic E-state index is 0.178. The number of hydrazone groups is 1. The lowest BCUT2D eigenvalue weighted by molar-refractivity contribution is 0.0711. The molecule has 1 aliphatic carbocycles. The maximum atomic E-state index is 14.1. The Labute approximate surface area is 186 Å². The Hall–Kier alpha value is -3.36. The molecule has 1 aromatic carbocycles. The van der Waals surface area contributed by atoms with Gasteiger partial charge in [0.15, 0.2) is 5.76 Å². The second-order valence-electron chi connectivity index (χ2n) is 7.83. The summed E-state index contributed by atoms with van der Waals surface area (Å²) in [6, 6.07) is 6.67. The summed E-state index contributed by atoms with van der Waals surface area (Å²) < 4.78 is 24.9. The van der Waals surface area contributed by atoms with Gasteiger partial charge in [-0.1, -0.05) is 12.1 Å². The lowest BCUT2D eigenvalue weighted by Crippen LogP contribution is -2.49. The minimum atomic E-state index is -0.614. The van der Waals surface area contributed by atoms with Crippen molar-refractivity contribution in [1.29, 1.82) is 0 Å². The van der Waals surface area contributed by atoms with Gasteiger partial charge in [-0.3, -0.25) is 4.79 Å². The summed E-state index contributed by atoms with van der Waals surface area (Å²) >= 11 is 0. The molecule has 0 spiro atoms. The van der Waals surface area contributed by atoms with Crippen LogP contribution in [-0.4, -0.2) is 55.4 Å². The predicted molar refractivity (Wildman–Crippen MR) is 118 cm³/mol. The normalized spacial score (nSPS) is 17.3. The summed E-state index contributed by atoms with van der Waals surface area (Å²) in [5.74, 6) is 0.583. The third-order valence-electron chi connectivity index (χ3n) is 5.84. The first kappa shape index (κ1) is 21.9. The van der Waals surface area contributed by atoms with Crippen LogP contribution in [-0.2, 0) is 11.2 Å². The average molecular weight is 442 g/mol. The van der Waals surface area contributed by atoms with Crippen molar-refractivity contribution in [1.82, 2.24) is 10.3 Å². The highest BCUT2D eigenvalue weighted by Gasteiger charge is 2.31. The molecule has 0 unspecified atom stereocenters. The molecule has 1 fully saturated rings. The highest BCUT2D eigenvalue weighted by molar-refractivity contribution is 6.06. The monoisotopic (exact) mass is 442 g/mol. The largest absolute Gasteiger partial charge is 0.455 e. The fourth-order valence-electron chi connectivity index (χ4n) is 4.26. The summed E-state index contributed by atoms with van der Waals surface area (Å²) in [6.07, 6.45) is 1.59. The van der Waals surface area contributed by atoms with Crippen molar-refractivity contribution >= 4 is 23.4 Å². The predicted octanol–water partition coefficient (Wildman–Crippen LogP) is 3.48. The number of rotatable bonds is 4. The number of piperazine rings is 1. The molecule has 2 aliphatic rings. The zero-order chi connectivity index (χ0) is 22.7. The Morgan fingerprint density at radius 2 is 1.94 bits per heavy atom. The number of amides is 2. The van der Waals surface area contributed by atoms with E-state index < -0.39 is 6.09 Å². The topological polar surface area (TPSA) is 87.4 Å². The van der Waals surface area contributed by atoms with Crippen molar-refractivity contribution in [2.45, 2.75) is 33.1 Å². The number of furan rings is 1. The van der Waals surface area contributed by atoms with Crippen LogP contribution in [0.1, 0.15) is 47.2 Å². The van der Waals surface area contributed by atoms with Gasteiger partial charge in [0.05, 0.1) is 18.0 Å². The lowest BCUT2D eigenvalue weighted by Gasteiger charge is -2.35. The first-order valence-electron chi connectivity index (χ1n) is 10.9. The molecule has 32 heavy (non-hydrogen) atoms. The summed E-state index contributed by atoms with van der Waals surface area (Å²) in [5, 5.41) is 4.21.